The molecule has 106 valence electrons. The second kappa shape index (κ2) is 6.00. The summed E-state index contributed by atoms with van der Waals surface area (Å²) in [7, 11) is 1.70. The highest BCUT2D eigenvalue weighted by molar-refractivity contribution is 14.1. The first kappa shape index (κ1) is 16.1. The Labute approximate surface area is 125 Å². The van der Waals surface area contributed by atoms with Crippen LogP contribution >= 0.6 is 22.6 Å². The minimum Gasteiger partial charge on any atom is -0.368 e. The van der Waals surface area contributed by atoms with Gasteiger partial charge in [0.25, 0.3) is 5.69 Å². The lowest BCUT2D eigenvalue weighted by molar-refractivity contribution is -0.384. The number of anilines is 1. The average molecular weight is 381 g/mol. The zero-order valence-corrected chi connectivity index (χ0v) is 13.3. The maximum atomic E-state index is 13.6. The second-order valence-electron chi connectivity index (χ2n) is 5.24. The Morgan fingerprint density at radius 3 is 2.58 bits per heavy atom. The molecule has 0 aromatic heterocycles. The first-order valence-electron chi connectivity index (χ1n) is 5.72. The number of rotatable bonds is 5. The summed E-state index contributed by atoms with van der Waals surface area (Å²) in [5, 5.41) is 11.1. The summed E-state index contributed by atoms with van der Waals surface area (Å²) in [5.41, 5.74) is 5.61. The lowest BCUT2D eigenvalue weighted by atomic mass is 9.93. The van der Waals surface area contributed by atoms with Crippen molar-refractivity contribution in [3.8, 4) is 0 Å². The molecule has 0 unspecified atom stereocenters. The van der Waals surface area contributed by atoms with Crippen molar-refractivity contribution in [1.82, 2.24) is 0 Å². The van der Waals surface area contributed by atoms with Crippen LogP contribution < -0.4 is 10.6 Å². The molecule has 1 aromatic carbocycles. The van der Waals surface area contributed by atoms with Crippen LogP contribution in [0.15, 0.2) is 12.1 Å². The molecule has 0 aliphatic heterocycles. The molecular weight excluding hydrogens is 364 g/mol. The number of halogens is 2. The van der Waals surface area contributed by atoms with Crippen molar-refractivity contribution >= 4 is 34.0 Å². The Morgan fingerprint density at radius 1 is 1.53 bits per heavy atom. The number of hydrogen-bond acceptors (Lipinski definition) is 4. The summed E-state index contributed by atoms with van der Waals surface area (Å²) in [4.78, 5) is 12.2. The van der Waals surface area contributed by atoms with Crippen LogP contribution in [0.3, 0.4) is 0 Å². The highest BCUT2D eigenvalue weighted by atomic mass is 127. The van der Waals surface area contributed by atoms with E-state index in [1.54, 1.807) is 34.5 Å². The third kappa shape index (κ3) is 4.00. The highest BCUT2D eigenvalue weighted by Crippen LogP contribution is 2.32. The van der Waals surface area contributed by atoms with Gasteiger partial charge >= 0.3 is 0 Å². The van der Waals surface area contributed by atoms with Gasteiger partial charge in [-0.3, -0.25) is 10.1 Å². The predicted molar refractivity (Wildman–Crippen MR) is 81.9 cm³/mol. The van der Waals surface area contributed by atoms with Gasteiger partial charge in [-0.15, -0.1) is 0 Å². The molecule has 7 heteroatoms. The average Bonchev–Trinajstić information content (AvgIpc) is 2.31. The fourth-order valence-electron chi connectivity index (χ4n) is 1.77. The summed E-state index contributed by atoms with van der Waals surface area (Å²) in [6.07, 6.45) is 0. The van der Waals surface area contributed by atoms with Crippen molar-refractivity contribution in [3.63, 3.8) is 0 Å². The van der Waals surface area contributed by atoms with Crippen LogP contribution in [0, 0.1) is 24.9 Å². The number of benzene rings is 1. The summed E-state index contributed by atoms with van der Waals surface area (Å²) in [6, 6.07) is 2.45. The zero-order chi connectivity index (χ0) is 14.8. The third-order valence-corrected chi connectivity index (χ3v) is 3.67. The minimum absolute atomic E-state index is 0.0962. The van der Waals surface area contributed by atoms with E-state index in [0.717, 1.165) is 0 Å². The topological polar surface area (TPSA) is 72.4 Å². The van der Waals surface area contributed by atoms with E-state index in [4.69, 9.17) is 5.73 Å². The lowest BCUT2D eigenvalue weighted by Gasteiger charge is -2.30. The molecule has 0 radical (unpaired) electrons. The molecular formula is C12H17FIN3O2. The minimum atomic E-state index is -0.497. The molecule has 1 aromatic rings. The van der Waals surface area contributed by atoms with Crippen molar-refractivity contribution in [2.75, 3.05) is 25.0 Å². The van der Waals surface area contributed by atoms with Gasteiger partial charge in [-0.25, -0.2) is 4.39 Å². The van der Waals surface area contributed by atoms with Crippen LogP contribution in [0.4, 0.5) is 15.8 Å². The summed E-state index contributed by atoms with van der Waals surface area (Å²) in [6.45, 7) is 4.86. The van der Waals surface area contributed by atoms with Crippen LogP contribution in [0.2, 0.25) is 0 Å². The standard InChI is InChI=1S/C12H17FIN3O2/c1-12(2,6-15)7-16(3)10-4-8(13)9(14)5-11(10)17(18)19/h4-5H,6-7,15H2,1-3H3. The Hall–Kier alpha value is -0.960. The van der Waals surface area contributed by atoms with Gasteiger partial charge in [0.15, 0.2) is 0 Å². The van der Waals surface area contributed by atoms with Gasteiger partial charge in [0.05, 0.1) is 8.49 Å². The largest absolute Gasteiger partial charge is 0.368 e. The van der Waals surface area contributed by atoms with E-state index in [0.29, 0.717) is 13.1 Å². The lowest BCUT2D eigenvalue weighted by Crippen LogP contribution is -2.37. The molecule has 2 N–H and O–H groups in total. The first-order valence-corrected chi connectivity index (χ1v) is 6.80. The van der Waals surface area contributed by atoms with Gasteiger partial charge in [0.2, 0.25) is 0 Å². The number of nitro groups is 1. The SMILES string of the molecule is CN(CC(C)(C)CN)c1cc(F)c(I)cc1[N+](=O)[O-]. The molecule has 0 saturated carbocycles. The van der Waals surface area contributed by atoms with Gasteiger partial charge in [-0.05, 0) is 34.6 Å². The fourth-order valence-corrected chi connectivity index (χ4v) is 2.22. The van der Waals surface area contributed by atoms with Crippen molar-refractivity contribution in [1.29, 1.82) is 0 Å². The molecule has 0 bridgehead atoms. The van der Waals surface area contributed by atoms with Crippen LogP contribution in [0.25, 0.3) is 0 Å². The summed E-state index contributed by atoms with van der Waals surface area (Å²) < 4.78 is 13.9. The van der Waals surface area contributed by atoms with Crippen LogP contribution in [0.1, 0.15) is 13.8 Å². The fraction of sp³-hybridized carbons (Fsp3) is 0.500. The number of nitrogens with zero attached hydrogens (tertiary/aromatic N) is 2. The predicted octanol–water partition coefficient (Wildman–Crippen LogP) is 2.76. The van der Waals surface area contributed by atoms with E-state index in [-0.39, 0.29) is 20.4 Å². The van der Waals surface area contributed by atoms with Crippen molar-refractivity contribution in [2.24, 2.45) is 11.1 Å². The van der Waals surface area contributed by atoms with Crippen LogP contribution in [0.5, 0.6) is 0 Å². The molecule has 0 aliphatic carbocycles. The van der Waals surface area contributed by atoms with Crippen molar-refractivity contribution in [2.45, 2.75) is 13.8 Å². The Morgan fingerprint density at radius 2 is 2.11 bits per heavy atom. The molecule has 5 nitrogen and oxygen atoms in total. The molecule has 0 fully saturated rings. The molecule has 0 saturated heterocycles. The van der Waals surface area contributed by atoms with Gasteiger partial charge in [0.1, 0.15) is 11.5 Å². The maximum Gasteiger partial charge on any atom is 0.293 e. The van der Waals surface area contributed by atoms with E-state index < -0.39 is 10.7 Å². The molecule has 0 amide bonds. The molecule has 0 spiro atoms. The van der Waals surface area contributed by atoms with Gasteiger partial charge < -0.3 is 10.6 Å². The van der Waals surface area contributed by atoms with Crippen molar-refractivity contribution < 1.29 is 9.31 Å². The molecule has 0 heterocycles. The van der Waals surface area contributed by atoms with Gasteiger partial charge in [-0.2, -0.15) is 0 Å². The molecule has 1 rings (SSSR count). The Balaban J connectivity index is 3.18. The number of nitrogens with two attached hydrogens (primary N) is 1. The Bertz CT molecular complexity index is 494. The smallest absolute Gasteiger partial charge is 0.293 e. The highest BCUT2D eigenvalue weighted by Gasteiger charge is 2.24. The van der Waals surface area contributed by atoms with Crippen molar-refractivity contribution in [3.05, 3.63) is 31.6 Å². The monoisotopic (exact) mass is 381 g/mol. The van der Waals surface area contributed by atoms with Crippen LogP contribution in [-0.2, 0) is 0 Å². The second-order valence-corrected chi connectivity index (χ2v) is 6.40. The molecule has 0 aliphatic rings. The number of hydrogen-bond donors (Lipinski definition) is 1. The van der Waals surface area contributed by atoms with Crippen LogP contribution in [-0.4, -0.2) is 25.1 Å². The Kier molecular flexibility index (Phi) is 5.08. The third-order valence-electron chi connectivity index (χ3n) is 2.84. The van der Waals surface area contributed by atoms with Gasteiger partial charge in [0, 0.05) is 25.7 Å². The zero-order valence-electron chi connectivity index (χ0n) is 11.1. The normalized spacial score (nSPS) is 11.5. The van der Waals surface area contributed by atoms with E-state index >= 15 is 0 Å². The first-order chi connectivity index (χ1) is 8.68. The van der Waals surface area contributed by atoms with E-state index in [9.17, 15) is 14.5 Å². The summed E-state index contributed by atoms with van der Waals surface area (Å²) in [5.74, 6) is -0.460. The molecule has 19 heavy (non-hydrogen) atoms. The van der Waals surface area contributed by atoms with E-state index in [2.05, 4.69) is 0 Å². The summed E-state index contributed by atoms with van der Waals surface area (Å²) >= 11 is 1.74. The van der Waals surface area contributed by atoms with E-state index in [1.165, 1.54) is 12.1 Å². The maximum absolute atomic E-state index is 13.6. The molecule has 0 atom stereocenters. The van der Waals surface area contributed by atoms with E-state index in [1.807, 2.05) is 13.8 Å². The quantitative estimate of drug-likeness (QED) is 0.484. The number of nitro benzene ring substituents is 1. The van der Waals surface area contributed by atoms with Gasteiger partial charge in [-0.1, -0.05) is 13.8 Å².